The number of benzene rings is 1. The van der Waals surface area contributed by atoms with Crippen LogP contribution in [-0.2, 0) is 21.1 Å². The Morgan fingerprint density at radius 3 is 2.55 bits per heavy atom. The van der Waals surface area contributed by atoms with Crippen molar-refractivity contribution in [2.45, 2.75) is 39.2 Å². The summed E-state index contributed by atoms with van der Waals surface area (Å²) >= 11 is 0. The highest BCUT2D eigenvalue weighted by Gasteiger charge is 2.24. The van der Waals surface area contributed by atoms with Gasteiger partial charge in [-0.05, 0) is 37.8 Å². The van der Waals surface area contributed by atoms with E-state index >= 15 is 0 Å². The third-order valence-electron chi connectivity index (χ3n) is 3.78. The smallest absolute Gasteiger partial charge is 0.224 e. The molecule has 0 radical (unpaired) electrons. The molecule has 5 heteroatoms. The van der Waals surface area contributed by atoms with E-state index in [-0.39, 0.29) is 23.5 Å². The first kappa shape index (κ1) is 15.0. The van der Waals surface area contributed by atoms with Gasteiger partial charge in [0.05, 0.1) is 17.9 Å². The van der Waals surface area contributed by atoms with Gasteiger partial charge in [0.2, 0.25) is 5.91 Å². The van der Waals surface area contributed by atoms with Crippen molar-refractivity contribution in [1.82, 2.24) is 5.32 Å². The maximum Gasteiger partial charge on any atom is 0.224 e. The lowest BCUT2D eigenvalue weighted by Gasteiger charge is -2.23. The van der Waals surface area contributed by atoms with E-state index < -0.39 is 9.84 Å². The summed E-state index contributed by atoms with van der Waals surface area (Å²) in [5.74, 6) is 0.339. The van der Waals surface area contributed by atoms with E-state index in [1.807, 2.05) is 32.0 Å². The van der Waals surface area contributed by atoms with Gasteiger partial charge < -0.3 is 5.32 Å². The van der Waals surface area contributed by atoms with Gasteiger partial charge in [0.1, 0.15) is 9.84 Å². The van der Waals surface area contributed by atoms with Gasteiger partial charge in [-0.25, -0.2) is 8.42 Å². The van der Waals surface area contributed by atoms with Crippen molar-refractivity contribution in [3.8, 4) is 0 Å². The van der Waals surface area contributed by atoms with Crippen LogP contribution in [0.3, 0.4) is 0 Å². The van der Waals surface area contributed by atoms with E-state index in [4.69, 9.17) is 0 Å². The van der Waals surface area contributed by atoms with E-state index in [9.17, 15) is 13.2 Å². The fraction of sp³-hybridized carbons (Fsp3) is 0.533. The Bertz CT molecular complexity index is 594. The van der Waals surface area contributed by atoms with Gasteiger partial charge in [-0.2, -0.15) is 0 Å². The van der Waals surface area contributed by atoms with Crippen LogP contribution in [0.25, 0.3) is 0 Å². The molecule has 1 fully saturated rings. The van der Waals surface area contributed by atoms with Gasteiger partial charge in [-0.1, -0.05) is 23.8 Å². The Kier molecular flexibility index (Phi) is 4.48. The molecule has 1 aliphatic rings. The summed E-state index contributed by atoms with van der Waals surface area (Å²) in [6.07, 6.45) is 1.42. The van der Waals surface area contributed by atoms with E-state index in [1.54, 1.807) is 0 Å². The molecule has 4 nitrogen and oxygen atoms in total. The molecule has 0 atom stereocenters. The van der Waals surface area contributed by atoms with Gasteiger partial charge in [0, 0.05) is 6.04 Å². The maximum absolute atomic E-state index is 12.0. The van der Waals surface area contributed by atoms with E-state index in [2.05, 4.69) is 5.32 Å². The van der Waals surface area contributed by atoms with Crippen molar-refractivity contribution in [3.63, 3.8) is 0 Å². The van der Waals surface area contributed by atoms with E-state index in [1.165, 1.54) is 0 Å². The number of sulfone groups is 1. The van der Waals surface area contributed by atoms with E-state index in [0.717, 1.165) is 16.7 Å². The fourth-order valence-corrected chi connectivity index (χ4v) is 3.97. The van der Waals surface area contributed by atoms with Crippen molar-refractivity contribution in [2.75, 3.05) is 11.5 Å². The van der Waals surface area contributed by atoms with Crippen LogP contribution in [0.4, 0.5) is 0 Å². The molecule has 110 valence electrons. The molecule has 0 bridgehead atoms. The minimum atomic E-state index is -2.87. The van der Waals surface area contributed by atoms with Gasteiger partial charge in [0.25, 0.3) is 0 Å². The van der Waals surface area contributed by atoms with Crippen molar-refractivity contribution < 1.29 is 13.2 Å². The normalized spacial score (nSPS) is 18.7. The first-order valence-electron chi connectivity index (χ1n) is 6.92. The number of rotatable bonds is 3. The number of carbonyl (C=O) groups is 1. The van der Waals surface area contributed by atoms with Crippen LogP contribution >= 0.6 is 0 Å². The van der Waals surface area contributed by atoms with Crippen LogP contribution in [0.5, 0.6) is 0 Å². The Morgan fingerprint density at radius 2 is 1.90 bits per heavy atom. The van der Waals surface area contributed by atoms with Gasteiger partial charge in [-0.3, -0.25) is 4.79 Å². The quantitative estimate of drug-likeness (QED) is 0.920. The number of hydrogen-bond donors (Lipinski definition) is 1. The second-order valence-corrected chi connectivity index (χ2v) is 7.90. The standard InChI is InChI=1S/C15H21NO3S/c1-11-3-4-12(2)13(9-11)10-15(17)16-14-5-7-20(18,19)8-6-14/h3-4,9,14H,5-8,10H2,1-2H3,(H,16,17). The summed E-state index contributed by atoms with van der Waals surface area (Å²) in [5.41, 5.74) is 3.28. The summed E-state index contributed by atoms with van der Waals surface area (Å²) in [6, 6.07) is 6.07. The lowest BCUT2D eigenvalue weighted by molar-refractivity contribution is -0.121. The monoisotopic (exact) mass is 295 g/mol. The molecule has 0 spiro atoms. The Hall–Kier alpha value is -1.36. The minimum Gasteiger partial charge on any atom is -0.353 e. The molecule has 0 unspecified atom stereocenters. The average Bonchev–Trinajstić information content (AvgIpc) is 2.36. The molecule has 1 saturated heterocycles. The second-order valence-electron chi connectivity index (χ2n) is 5.60. The molecule has 1 aromatic rings. The van der Waals surface area contributed by atoms with Crippen LogP contribution in [0.2, 0.25) is 0 Å². The largest absolute Gasteiger partial charge is 0.353 e. The van der Waals surface area contributed by atoms with Crippen LogP contribution < -0.4 is 5.32 Å². The van der Waals surface area contributed by atoms with Crippen LogP contribution in [0, 0.1) is 13.8 Å². The highest BCUT2D eigenvalue weighted by atomic mass is 32.2. The molecule has 0 saturated carbocycles. The van der Waals surface area contributed by atoms with Crippen LogP contribution in [-0.4, -0.2) is 31.9 Å². The van der Waals surface area contributed by atoms with Gasteiger partial charge in [-0.15, -0.1) is 0 Å². The lowest BCUT2D eigenvalue weighted by Crippen LogP contribution is -2.41. The van der Waals surface area contributed by atoms with Crippen molar-refractivity contribution in [2.24, 2.45) is 0 Å². The van der Waals surface area contributed by atoms with Crippen molar-refractivity contribution in [1.29, 1.82) is 0 Å². The highest BCUT2D eigenvalue weighted by Crippen LogP contribution is 2.14. The average molecular weight is 295 g/mol. The van der Waals surface area contributed by atoms with E-state index in [0.29, 0.717) is 19.3 Å². The Balaban J connectivity index is 1.91. The molecule has 20 heavy (non-hydrogen) atoms. The minimum absolute atomic E-state index is 0.00357. The topological polar surface area (TPSA) is 63.2 Å². The summed E-state index contributed by atoms with van der Waals surface area (Å²) < 4.78 is 22.7. The van der Waals surface area contributed by atoms with Crippen molar-refractivity contribution in [3.05, 3.63) is 34.9 Å². The summed E-state index contributed by atoms with van der Waals surface area (Å²) in [6.45, 7) is 4.00. The molecule has 1 heterocycles. The molecule has 1 aliphatic heterocycles. The van der Waals surface area contributed by atoms with Gasteiger partial charge in [0.15, 0.2) is 0 Å². The van der Waals surface area contributed by atoms with Crippen LogP contribution in [0.1, 0.15) is 29.5 Å². The Morgan fingerprint density at radius 1 is 1.25 bits per heavy atom. The molecule has 0 aliphatic carbocycles. The molecule has 1 N–H and O–H groups in total. The third-order valence-corrected chi connectivity index (χ3v) is 5.49. The molecule has 1 aromatic carbocycles. The summed E-state index contributed by atoms with van der Waals surface area (Å²) in [4.78, 5) is 12.0. The number of amides is 1. The first-order valence-corrected chi connectivity index (χ1v) is 8.74. The van der Waals surface area contributed by atoms with Crippen molar-refractivity contribution >= 4 is 15.7 Å². The predicted octanol–water partition coefficient (Wildman–Crippen LogP) is 1.54. The zero-order valence-electron chi connectivity index (χ0n) is 12.0. The summed E-state index contributed by atoms with van der Waals surface area (Å²) in [5, 5.41) is 2.95. The number of nitrogens with one attached hydrogen (secondary N) is 1. The predicted molar refractivity (Wildman–Crippen MR) is 79.4 cm³/mol. The zero-order chi connectivity index (χ0) is 14.8. The zero-order valence-corrected chi connectivity index (χ0v) is 12.8. The SMILES string of the molecule is Cc1ccc(C)c(CC(=O)NC2CCS(=O)(=O)CC2)c1. The molecule has 0 aromatic heterocycles. The highest BCUT2D eigenvalue weighted by molar-refractivity contribution is 7.91. The van der Waals surface area contributed by atoms with Gasteiger partial charge >= 0.3 is 0 Å². The summed E-state index contributed by atoms with van der Waals surface area (Å²) in [7, 11) is -2.87. The van der Waals surface area contributed by atoms with Crippen LogP contribution in [0.15, 0.2) is 18.2 Å². The second kappa shape index (κ2) is 5.95. The molecule has 1 amide bonds. The molecular formula is C15H21NO3S. The Labute approximate surface area is 120 Å². The lowest BCUT2D eigenvalue weighted by atomic mass is 10.0. The molecular weight excluding hydrogens is 274 g/mol. The molecule has 2 rings (SSSR count). The fourth-order valence-electron chi connectivity index (χ4n) is 2.48. The number of aryl methyl sites for hydroxylation is 2. The maximum atomic E-state index is 12.0. The third kappa shape index (κ3) is 4.07. The number of hydrogen-bond acceptors (Lipinski definition) is 3. The first-order chi connectivity index (χ1) is 9.35. The number of carbonyl (C=O) groups excluding carboxylic acids is 1.